The number of benzene rings is 1. The monoisotopic (exact) mass is 400 g/mol. The molecule has 0 aliphatic heterocycles. The molecule has 0 saturated heterocycles. The van der Waals surface area contributed by atoms with Crippen molar-refractivity contribution in [3.8, 4) is 17.0 Å². The number of hydrogen-bond donors (Lipinski definition) is 0. The van der Waals surface area contributed by atoms with Crippen molar-refractivity contribution in [2.75, 3.05) is 0 Å². The molecule has 0 aliphatic carbocycles. The van der Waals surface area contributed by atoms with Crippen LogP contribution in [0.1, 0.15) is 13.8 Å². The number of aryl methyl sites for hydroxylation is 1. The van der Waals surface area contributed by atoms with Crippen molar-refractivity contribution < 1.29 is 38.2 Å². The van der Waals surface area contributed by atoms with Crippen molar-refractivity contribution in [3.05, 3.63) is 52.7 Å². The highest BCUT2D eigenvalue weighted by Gasteiger charge is 2.19. The van der Waals surface area contributed by atoms with E-state index in [1.807, 2.05) is 49.9 Å². The Hall–Kier alpha value is -1.70. The van der Waals surface area contributed by atoms with Gasteiger partial charge in [0.25, 0.3) is 0 Å². The predicted molar refractivity (Wildman–Crippen MR) is 75.5 cm³/mol. The SMILES string of the molecule is CC(C)Oc1cc(-c2cccc[n+]2C)ccc1[N+](=O)[O-].[I-]. The quantitative estimate of drug-likeness (QED) is 0.311. The van der Waals surface area contributed by atoms with Gasteiger partial charge in [0.05, 0.1) is 16.6 Å². The Kier molecular flexibility index (Phi) is 6.07. The molecule has 0 atom stereocenters. The number of rotatable bonds is 4. The molecule has 2 rings (SSSR count). The van der Waals surface area contributed by atoms with E-state index in [-0.39, 0.29) is 35.8 Å². The van der Waals surface area contributed by atoms with Crippen molar-refractivity contribution in [2.45, 2.75) is 20.0 Å². The number of halogens is 1. The molecule has 0 fully saturated rings. The summed E-state index contributed by atoms with van der Waals surface area (Å²) >= 11 is 0. The Morgan fingerprint density at radius 1 is 1.24 bits per heavy atom. The predicted octanol–water partition coefficient (Wildman–Crippen LogP) is -0.123. The Morgan fingerprint density at radius 2 is 1.95 bits per heavy atom. The Bertz CT molecular complexity index is 645. The fourth-order valence-corrected chi connectivity index (χ4v) is 2.00. The fraction of sp³-hybridized carbons (Fsp3) is 0.267. The van der Waals surface area contributed by atoms with Gasteiger partial charge in [-0.25, -0.2) is 4.57 Å². The summed E-state index contributed by atoms with van der Waals surface area (Å²) in [5.74, 6) is 0.298. The molecule has 1 heterocycles. The van der Waals surface area contributed by atoms with Gasteiger partial charge in [0, 0.05) is 24.3 Å². The summed E-state index contributed by atoms with van der Waals surface area (Å²) in [6, 6.07) is 10.8. The van der Waals surface area contributed by atoms with Crippen LogP contribution in [0.15, 0.2) is 42.6 Å². The van der Waals surface area contributed by atoms with Gasteiger partial charge >= 0.3 is 5.69 Å². The standard InChI is InChI=1S/C15H17N2O3.HI/c1-11(2)20-15-10-12(7-8-14(15)17(18)19)13-6-4-5-9-16(13)3;/h4-11H,1-3H3;1H/q+1;/p-1. The second kappa shape index (κ2) is 7.35. The molecule has 6 heteroatoms. The van der Waals surface area contributed by atoms with E-state index in [4.69, 9.17) is 4.74 Å². The molecule has 1 aromatic carbocycles. The molecule has 0 amide bonds. The average molecular weight is 400 g/mol. The summed E-state index contributed by atoms with van der Waals surface area (Å²) in [4.78, 5) is 10.6. The van der Waals surface area contributed by atoms with Crippen LogP contribution in [0.5, 0.6) is 5.75 Å². The van der Waals surface area contributed by atoms with Gasteiger partial charge in [-0.3, -0.25) is 10.1 Å². The minimum absolute atomic E-state index is 0. The van der Waals surface area contributed by atoms with Gasteiger partial charge in [-0.05, 0) is 26.0 Å². The summed E-state index contributed by atoms with van der Waals surface area (Å²) in [6.45, 7) is 3.69. The molecule has 0 saturated carbocycles. The number of ether oxygens (including phenoxy) is 1. The molecule has 5 nitrogen and oxygen atoms in total. The van der Waals surface area contributed by atoms with Crippen molar-refractivity contribution in [3.63, 3.8) is 0 Å². The highest BCUT2D eigenvalue weighted by Crippen LogP contribution is 2.32. The lowest BCUT2D eigenvalue weighted by molar-refractivity contribution is -0.660. The highest BCUT2D eigenvalue weighted by molar-refractivity contribution is 5.63. The van der Waals surface area contributed by atoms with Gasteiger partial charge in [0.15, 0.2) is 11.9 Å². The van der Waals surface area contributed by atoms with Gasteiger partial charge in [-0.15, -0.1) is 0 Å². The molecular formula is C15H17IN2O3. The zero-order chi connectivity index (χ0) is 14.7. The normalized spacial score (nSPS) is 10.1. The van der Waals surface area contributed by atoms with Crippen molar-refractivity contribution in [2.24, 2.45) is 7.05 Å². The molecule has 21 heavy (non-hydrogen) atoms. The first-order chi connectivity index (χ1) is 9.49. The van der Waals surface area contributed by atoms with Crippen LogP contribution in [0.3, 0.4) is 0 Å². The van der Waals surface area contributed by atoms with Gasteiger partial charge < -0.3 is 28.7 Å². The van der Waals surface area contributed by atoms with E-state index in [0.29, 0.717) is 5.75 Å². The first-order valence-electron chi connectivity index (χ1n) is 6.39. The smallest absolute Gasteiger partial charge is 0.310 e. The van der Waals surface area contributed by atoms with Crippen LogP contribution in [-0.4, -0.2) is 11.0 Å². The minimum Gasteiger partial charge on any atom is -1.00 e. The van der Waals surface area contributed by atoms with Gasteiger partial charge in [-0.1, -0.05) is 0 Å². The summed E-state index contributed by atoms with van der Waals surface area (Å²) in [7, 11) is 1.93. The molecule has 1 aromatic heterocycles. The van der Waals surface area contributed by atoms with E-state index in [0.717, 1.165) is 11.3 Å². The number of aromatic nitrogens is 1. The zero-order valence-electron chi connectivity index (χ0n) is 12.1. The number of pyridine rings is 1. The maximum absolute atomic E-state index is 11.0. The Balaban J connectivity index is 0.00000220. The van der Waals surface area contributed by atoms with E-state index in [9.17, 15) is 10.1 Å². The summed E-state index contributed by atoms with van der Waals surface area (Å²) in [6.07, 6.45) is 1.81. The molecule has 2 aromatic rings. The van der Waals surface area contributed by atoms with Crippen LogP contribution < -0.4 is 33.3 Å². The molecule has 0 aliphatic rings. The van der Waals surface area contributed by atoms with Crippen molar-refractivity contribution in [1.82, 2.24) is 0 Å². The largest absolute Gasteiger partial charge is 1.00 e. The van der Waals surface area contributed by atoms with E-state index in [1.54, 1.807) is 12.1 Å². The minimum atomic E-state index is -0.424. The maximum atomic E-state index is 11.0. The Labute approximate surface area is 140 Å². The topological polar surface area (TPSA) is 56.2 Å². The van der Waals surface area contributed by atoms with E-state index < -0.39 is 4.92 Å². The molecule has 0 N–H and O–H groups in total. The third-order valence-corrected chi connectivity index (χ3v) is 2.87. The maximum Gasteiger partial charge on any atom is 0.310 e. The van der Waals surface area contributed by atoms with Crippen LogP contribution in [0.25, 0.3) is 11.3 Å². The van der Waals surface area contributed by atoms with Gasteiger partial charge in [0.2, 0.25) is 5.69 Å². The van der Waals surface area contributed by atoms with E-state index >= 15 is 0 Å². The number of hydrogen-bond acceptors (Lipinski definition) is 3. The second-order valence-electron chi connectivity index (χ2n) is 4.80. The molecule has 112 valence electrons. The summed E-state index contributed by atoms with van der Waals surface area (Å²) in [5, 5.41) is 11.0. The first kappa shape index (κ1) is 17.4. The van der Waals surface area contributed by atoms with Crippen molar-refractivity contribution in [1.29, 1.82) is 0 Å². The van der Waals surface area contributed by atoms with E-state index in [2.05, 4.69) is 0 Å². The highest BCUT2D eigenvalue weighted by atomic mass is 127. The number of nitro groups is 1. The zero-order valence-corrected chi connectivity index (χ0v) is 14.3. The fourth-order valence-electron chi connectivity index (χ4n) is 2.00. The van der Waals surface area contributed by atoms with Crippen LogP contribution in [-0.2, 0) is 7.05 Å². The Morgan fingerprint density at radius 3 is 2.52 bits per heavy atom. The third-order valence-electron chi connectivity index (χ3n) is 2.87. The van der Waals surface area contributed by atoms with Crippen LogP contribution in [0.2, 0.25) is 0 Å². The van der Waals surface area contributed by atoms with Crippen molar-refractivity contribution >= 4 is 5.69 Å². The van der Waals surface area contributed by atoms with Crippen LogP contribution in [0, 0.1) is 10.1 Å². The van der Waals surface area contributed by atoms with Gasteiger partial charge in [-0.2, -0.15) is 0 Å². The lowest BCUT2D eigenvalue weighted by Crippen LogP contribution is -3.00. The average Bonchev–Trinajstić information content (AvgIpc) is 2.38. The summed E-state index contributed by atoms with van der Waals surface area (Å²) < 4.78 is 7.52. The second-order valence-corrected chi connectivity index (χ2v) is 4.80. The third kappa shape index (κ3) is 4.13. The molecule has 0 bridgehead atoms. The number of nitro benzene ring substituents is 1. The van der Waals surface area contributed by atoms with Gasteiger partial charge in [0.1, 0.15) is 7.05 Å². The molecule has 0 unspecified atom stereocenters. The molecule has 0 radical (unpaired) electrons. The lowest BCUT2D eigenvalue weighted by Gasteiger charge is -2.10. The van der Waals surface area contributed by atoms with E-state index in [1.165, 1.54) is 6.07 Å². The van der Waals surface area contributed by atoms with Crippen LogP contribution in [0.4, 0.5) is 5.69 Å². The van der Waals surface area contributed by atoms with Crippen LogP contribution >= 0.6 is 0 Å². The molecular weight excluding hydrogens is 383 g/mol. The first-order valence-corrected chi connectivity index (χ1v) is 6.39. The summed E-state index contributed by atoms with van der Waals surface area (Å²) in [5.41, 5.74) is 1.84. The molecule has 0 spiro atoms. The number of nitrogens with zero attached hydrogens (tertiary/aromatic N) is 2. The lowest BCUT2D eigenvalue weighted by atomic mass is 10.1.